The Bertz CT molecular complexity index is 350. The van der Waals surface area contributed by atoms with Gasteiger partial charge >= 0.3 is 5.97 Å². The van der Waals surface area contributed by atoms with Gasteiger partial charge in [-0.1, -0.05) is 11.6 Å². The first kappa shape index (κ1) is 11.0. The summed E-state index contributed by atoms with van der Waals surface area (Å²) in [5.41, 5.74) is -0.277. The van der Waals surface area contributed by atoms with Gasteiger partial charge in [0.05, 0.1) is 17.8 Å². The highest BCUT2D eigenvalue weighted by Gasteiger charge is 2.34. The van der Waals surface area contributed by atoms with Gasteiger partial charge in [0.25, 0.3) is 0 Å². The third-order valence-corrected chi connectivity index (χ3v) is 2.35. The van der Waals surface area contributed by atoms with Gasteiger partial charge in [0.15, 0.2) is 0 Å². The van der Waals surface area contributed by atoms with E-state index in [1.54, 1.807) is 32.2 Å². The van der Waals surface area contributed by atoms with E-state index in [0.29, 0.717) is 10.7 Å². The van der Waals surface area contributed by atoms with Crippen molar-refractivity contribution >= 4 is 17.6 Å². The summed E-state index contributed by atoms with van der Waals surface area (Å²) in [4.78, 5) is 15.6. The minimum Gasteiger partial charge on any atom is -0.468 e. The van der Waals surface area contributed by atoms with Gasteiger partial charge in [0.1, 0.15) is 5.41 Å². The quantitative estimate of drug-likeness (QED) is 0.707. The predicted molar refractivity (Wildman–Crippen MR) is 54.3 cm³/mol. The molecular formula is C10H12ClNO2. The van der Waals surface area contributed by atoms with Gasteiger partial charge in [-0.3, -0.25) is 9.78 Å². The smallest absolute Gasteiger partial charge is 0.317 e. The lowest BCUT2D eigenvalue weighted by atomic mass is 9.89. The second-order valence-corrected chi connectivity index (χ2v) is 3.86. The molecule has 0 aliphatic carbocycles. The summed E-state index contributed by atoms with van der Waals surface area (Å²) < 4.78 is 4.69. The number of carbonyl (C=O) groups is 1. The van der Waals surface area contributed by atoms with E-state index in [2.05, 4.69) is 9.72 Å². The Kier molecular flexibility index (Phi) is 3.11. The van der Waals surface area contributed by atoms with Crippen molar-refractivity contribution in [3.05, 3.63) is 29.0 Å². The molecule has 0 bridgehead atoms. The highest BCUT2D eigenvalue weighted by molar-refractivity contribution is 6.31. The maximum absolute atomic E-state index is 11.5. The highest BCUT2D eigenvalue weighted by atomic mass is 35.5. The maximum atomic E-state index is 11.5. The largest absolute Gasteiger partial charge is 0.468 e. The first-order valence-corrected chi connectivity index (χ1v) is 4.57. The van der Waals surface area contributed by atoms with Gasteiger partial charge in [-0.05, 0) is 26.0 Å². The molecule has 3 nitrogen and oxygen atoms in total. The van der Waals surface area contributed by atoms with Crippen molar-refractivity contribution in [3.8, 4) is 0 Å². The monoisotopic (exact) mass is 213 g/mol. The number of hydrogen-bond donors (Lipinski definition) is 0. The average molecular weight is 214 g/mol. The molecule has 0 spiro atoms. The zero-order valence-electron chi connectivity index (χ0n) is 8.37. The summed E-state index contributed by atoms with van der Waals surface area (Å²) in [6, 6.07) is 3.42. The Balaban J connectivity index is 3.16. The Morgan fingerprint density at radius 2 is 2.21 bits per heavy atom. The van der Waals surface area contributed by atoms with Gasteiger partial charge < -0.3 is 4.74 Å². The van der Waals surface area contributed by atoms with Crippen LogP contribution in [0.25, 0.3) is 0 Å². The van der Waals surface area contributed by atoms with Crippen molar-refractivity contribution in [1.29, 1.82) is 0 Å². The Morgan fingerprint density at radius 1 is 1.57 bits per heavy atom. The second-order valence-electron chi connectivity index (χ2n) is 3.45. The van der Waals surface area contributed by atoms with Crippen molar-refractivity contribution in [2.24, 2.45) is 0 Å². The first-order chi connectivity index (χ1) is 6.50. The zero-order valence-corrected chi connectivity index (χ0v) is 9.13. The number of halogens is 1. The first-order valence-electron chi connectivity index (χ1n) is 4.19. The van der Waals surface area contributed by atoms with E-state index in [9.17, 15) is 4.79 Å². The molecule has 0 saturated carbocycles. The topological polar surface area (TPSA) is 39.2 Å². The molecule has 0 aromatic carbocycles. The number of hydrogen-bond acceptors (Lipinski definition) is 3. The normalized spacial score (nSPS) is 11.1. The van der Waals surface area contributed by atoms with E-state index in [4.69, 9.17) is 11.6 Å². The Labute approximate surface area is 88.1 Å². The van der Waals surface area contributed by atoms with Crippen LogP contribution in [0.5, 0.6) is 0 Å². The van der Waals surface area contributed by atoms with E-state index in [1.165, 1.54) is 7.11 Å². The number of nitrogens with zero attached hydrogens (tertiary/aromatic N) is 1. The molecule has 0 unspecified atom stereocenters. The van der Waals surface area contributed by atoms with Gasteiger partial charge in [-0.15, -0.1) is 0 Å². The van der Waals surface area contributed by atoms with Crippen LogP contribution in [0.4, 0.5) is 0 Å². The number of pyridine rings is 1. The number of esters is 1. The molecule has 0 atom stereocenters. The molecule has 1 aromatic heterocycles. The van der Waals surface area contributed by atoms with Crippen LogP contribution in [-0.2, 0) is 14.9 Å². The van der Waals surface area contributed by atoms with Crippen LogP contribution in [0.15, 0.2) is 18.3 Å². The van der Waals surface area contributed by atoms with Gasteiger partial charge in [-0.25, -0.2) is 0 Å². The molecule has 1 aromatic rings. The molecule has 0 N–H and O–H groups in total. The Morgan fingerprint density at radius 3 is 2.71 bits per heavy atom. The van der Waals surface area contributed by atoms with Crippen LogP contribution >= 0.6 is 11.6 Å². The van der Waals surface area contributed by atoms with Crippen molar-refractivity contribution < 1.29 is 9.53 Å². The van der Waals surface area contributed by atoms with Crippen LogP contribution in [0.2, 0.25) is 5.02 Å². The summed E-state index contributed by atoms with van der Waals surface area (Å²) in [6.45, 7) is 3.46. The molecule has 14 heavy (non-hydrogen) atoms. The van der Waals surface area contributed by atoms with E-state index >= 15 is 0 Å². The maximum Gasteiger partial charge on any atom is 0.317 e. The minimum absolute atomic E-state index is 0.349. The lowest BCUT2D eigenvalue weighted by molar-refractivity contribution is -0.146. The van der Waals surface area contributed by atoms with Crippen LogP contribution in [-0.4, -0.2) is 18.1 Å². The lowest BCUT2D eigenvalue weighted by Crippen LogP contribution is -2.31. The molecule has 1 rings (SSSR count). The number of ether oxygens (including phenoxy) is 1. The molecule has 0 aliphatic rings. The fraction of sp³-hybridized carbons (Fsp3) is 0.400. The Hall–Kier alpha value is -1.09. The van der Waals surface area contributed by atoms with Crippen molar-refractivity contribution in [1.82, 2.24) is 4.98 Å². The molecule has 4 heteroatoms. The number of methoxy groups -OCH3 is 1. The molecule has 0 fully saturated rings. The number of aromatic nitrogens is 1. The lowest BCUT2D eigenvalue weighted by Gasteiger charge is -2.21. The number of carbonyl (C=O) groups excluding carboxylic acids is 1. The summed E-state index contributed by atoms with van der Waals surface area (Å²) >= 11 is 5.94. The highest BCUT2D eigenvalue weighted by Crippen LogP contribution is 2.28. The summed E-state index contributed by atoms with van der Waals surface area (Å²) in [5, 5.41) is 0.475. The fourth-order valence-corrected chi connectivity index (χ4v) is 1.56. The molecule has 1 heterocycles. The third kappa shape index (κ3) is 1.87. The second kappa shape index (κ2) is 3.96. The standard InChI is InChI=1S/C10H12ClNO2/c1-10(2,9(13)14-3)8-7(11)5-4-6-12-8/h4-6H,1-3H3. The van der Waals surface area contributed by atoms with Crippen molar-refractivity contribution in [2.45, 2.75) is 19.3 Å². The number of rotatable bonds is 2. The molecular weight excluding hydrogens is 202 g/mol. The summed E-state index contributed by atoms with van der Waals surface area (Å²) in [6.07, 6.45) is 1.60. The average Bonchev–Trinajstić information content (AvgIpc) is 2.17. The summed E-state index contributed by atoms with van der Waals surface area (Å²) in [5.74, 6) is -0.349. The van der Waals surface area contributed by atoms with Gasteiger partial charge in [0, 0.05) is 6.20 Å². The van der Waals surface area contributed by atoms with E-state index in [0.717, 1.165) is 0 Å². The van der Waals surface area contributed by atoms with Crippen LogP contribution in [0, 0.1) is 0 Å². The molecule has 0 aliphatic heterocycles. The van der Waals surface area contributed by atoms with Gasteiger partial charge in [0.2, 0.25) is 0 Å². The fourth-order valence-electron chi connectivity index (χ4n) is 1.20. The van der Waals surface area contributed by atoms with Crippen LogP contribution < -0.4 is 0 Å². The van der Waals surface area contributed by atoms with Gasteiger partial charge in [-0.2, -0.15) is 0 Å². The van der Waals surface area contributed by atoms with Crippen LogP contribution in [0.3, 0.4) is 0 Å². The zero-order chi connectivity index (χ0) is 10.8. The molecule has 0 saturated heterocycles. The third-order valence-electron chi connectivity index (χ3n) is 2.05. The molecule has 0 amide bonds. The molecule has 0 radical (unpaired) electrons. The van der Waals surface area contributed by atoms with Crippen molar-refractivity contribution in [3.63, 3.8) is 0 Å². The predicted octanol–water partition coefficient (Wildman–Crippen LogP) is 2.19. The van der Waals surface area contributed by atoms with Crippen LogP contribution in [0.1, 0.15) is 19.5 Å². The SMILES string of the molecule is COC(=O)C(C)(C)c1ncccc1Cl. The van der Waals surface area contributed by atoms with E-state index in [-0.39, 0.29) is 5.97 Å². The summed E-state index contributed by atoms with van der Waals surface area (Å²) in [7, 11) is 1.35. The van der Waals surface area contributed by atoms with Crippen molar-refractivity contribution in [2.75, 3.05) is 7.11 Å². The van der Waals surface area contributed by atoms with E-state index in [1.807, 2.05) is 0 Å². The minimum atomic E-state index is -0.812. The van der Waals surface area contributed by atoms with E-state index < -0.39 is 5.41 Å². The molecule has 76 valence electrons.